The lowest BCUT2D eigenvalue weighted by atomic mass is 10.0. The summed E-state index contributed by atoms with van der Waals surface area (Å²) in [5.41, 5.74) is 1.98. The maximum atomic E-state index is 14.3. The van der Waals surface area contributed by atoms with E-state index in [1.54, 1.807) is 12.1 Å². The average molecular weight is 383 g/mol. The Morgan fingerprint density at radius 2 is 2.07 bits per heavy atom. The number of halogens is 2. The van der Waals surface area contributed by atoms with Gasteiger partial charge in [-0.15, -0.1) is 0 Å². The zero-order valence-electron chi connectivity index (χ0n) is 15.4. The van der Waals surface area contributed by atoms with Gasteiger partial charge in [0.05, 0.1) is 22.9 Å². The van der Waals surface area contributed by atoms with Gasteiger partial charge in [-0.2, -0.15) is 0 Å². The molecule has 0 aliphatic carbocycles. The quantitative estimate of drug-likeness (QED) is 0.697. The number of carbonyl (C=O) groups excluding carboxylic acids is 1. The van der Waals surface area contributed by atoms with Crippen LogP contribution in [-0.2, 0) is 17.8 Å². The molecule has 0 N–H and O–H groups in total. The fourth-order valence-corrected chi connectivity index (χ4v) is 3.75. The Bertz CT molecular complexity index is 1140. The van der Waals surface area contributed by atoms with Crippen LogP contribution in [0.1, 0.15) is 24.0 Å². The maximum absolute atomic E-state index is 14.3. The zero-order chi connectivity index (χ0) is 19.8. The molecule has 0 fully saturated rings. The first-order valence-electron chi connectivity index (χ1n) is 9.19. The van der Waals surface area contributed by atoms with E-state index in [0.717, 1.165) is 11.6 Å². The number of aryl methyl sites for hydroxylation is 3. The number of rotatable bonds is 3. The molecule has 2 aromatic carbocycles. The van der Waals surface area contributed by atoms with Crippen molar-refractivity contribution in [2.24, 2.45) is 0 Å². The summed E-state index contributed by atoms with van der Waals surface area (Å²) in [6.07, 6.45) is 2.62. The van der Waals surface area contributed by atoms with Crippen molar-refractivity contribution in [2.45, 2.75) is 32.7 Å². The molecule has 0 atom stereocenters. The van der Waals surface area contributed by atoms with E-state index in [1.807, 2.05) is 13.0 Å². The first-order chi connectivity index (χ1) is 13.5. The second-order valence-electron chi connectivity index (χ2n) is 7.01. The number of anilines is 1. The number of fused-ring (bicyclic) bond motifs is 2. The van der Waals surface area contributed by atoms with E-state index >= 15 is 0 Å². The summed E-state index contributed by atoms with van der Waals surface area (Å²) >= 11 is 0. The molecule has 3 aromatic rings. The molecular formula is C21H19F2N3O2. The highest BCUT2D eigenvalue weighted by Crippen LogP contribution is 2.31. The van der Waals surface area contributed by atoms with Crippen LogP contribution >= 0.6 is 0 Å². The standard InChI is InChI=1S/C21H19F2N3O2/c1-13-4-2-6-16-19(13)24-12-25(21(16)28)9-7-18(27)26-8-3-5-14-10-15(22)11-17(23)20(14)26/h2,4,6,10-12H,3,5,7-9H2,1H3. The first-order valence-corrected chi connectivity index (χ1v) is 9.19. The number of hydrogen-bond acceptors (Lipinski definition) is 3. The highest BCUT2D eigenvalue weighted by atomic mass is 19.1. The van der Waals surface area contributed by atoms with E-state index in [0.29, 0.717) is 35.9 Å². The third-order valence-corrected chi connectivity index (χ3v) is 5.13. The number of carbonyl (C=O) groups is 1. The lowest BCUT2D eigenvalue weighted by molar-refractivity contribution is -0.119. The van der Waals surface area contributed by atoms with Gasteiger partial charge in [-0.25, -0.2) is 13.8 Å². The maximum Gasteiger partial charge on any atom is 0.261 e. The van der Waals surface area contributed by atoms with E-state index in [-0.39, 0.29) is 30.1 Å². The normalized spacial score (nSPS) is 13.6. The topological polar surface area (TPSA) is 55.2 Å². The number of aromatic nitrogens is 2. The van der Waals surface area contributed by atoms with E-state index < -0.39 is 11.6 Å². The summed E-state index contributed by atoms with van der Waals surface area (Å²) in [5, 5.41) is 0.500. The predicted octanol–water partition coefficient (Wildman–Crippen LogP) is 3.35. The van der Waals surface area contributed by atoms with Crippen molar-refractivity contribution in [3.05, 3.63) is 69.8 Å². The molecule has 1 aliphatic heterocycles. The van der Waals surface area contributed by atoms with Gasteiger partial charge >= 0.3 is 0 Å². The van der Waals surface area contributed by atoms with Crippen LogP contribution in [0.3, 0.4) is 0 Å². The Morgan fingerprint density at radius 3 is 2.89 bits per heavy atom. The van der Waals surface area contributed by atoms with Crippen molar-refractivity contribution >= 4 is 22.5 Å². The summed E-state index contributed by atoms with van der Waals surface area (Å²) in [7, 11) is 0. The van der Waals surface area contributed by atoms with Crippen LogP contribution in [-0.4, -0.2) is 22.0 Å². The molecule has 0 radical (unpaired) electrons. The van der Waals surface area contributed by atoms with E-state index in [1.165, 1.54) is 21.9 Å². The molecule has 1 aromatic heterocycles. The summed E-state index contributed by atoms with van der Waals surface area (Å²) < 4.78 is 29.1. The molecule has 7 heteroatoms. The Kier molecular flexibility index (Phi) is 4.66. The summed E-state index contributed by atoms with van der Waals surface area (Å²) in [6, 6.07) is 7.46. The molecule has 4 rings (SSSR count). The van der Waals surface area contributed by atoms with Gasteiger partial charge in [0.15, 0.2) is 0 Å². The first kappa shape index (κ1) is 18.3. The second kappa shape index (κ2) is 7.14. The molecule has 0 bridgehead atoms. The van der Waals surface area contributed by atoms with E-state index in [9.17, 15) is 18.4 Å². The van der Waals surface area contributed by atoms with Crippen LogP contribution in [0.25, 0.3) is 10.9 Å². The third kappa shape index (κ3) is 3.17. The van der Waals surface area contributed by atoms with Crippen LogP contribution < -0.4 is 10.5 Å². The van der Waals surface area contributed by atoms with Crippen LogP contribution in [0.2, 0.25) is 0 Å². The Morgan fingerprint density at radius 1 is 1.25 bits per heavy atom. The van der Waals surface area contributed by atoms with Crippen molar-refractivity contribution in [3.8, 4) is 0 Å². The van der Waals surface area contributed by atoms with Crippen LogP contribution in [0, 0.1) is 18.6 Å². The number of benzene rings is 2. The van der Waals surface area contributed by atoms with Gasteiger partial charge < -0.3 is 4.90 Å². The molecule has 5 nitrogen and oxygen atoms in total. The molecular weight excluding hydrogens is 364 g/mol. The molecule has 144 valence electrons. The molecule has 0 spiro atoms. The fourth-order valence-electron chi connectivity index (χ4n) is 3.75. The van der Waals surface area contributed by atoms with Crippen LogP contribution in [0.15, 0.2) is 41.5 Å². The third-order valence-electron chi connectivity index (χ3n) is 5.13. The van der Waals surface area contributed by atoms with Crippen molar-refractivity contribution in [2.75, 3.05) is 11.4 Å². The second-order valence-corrected chi connectivity index (χ2v) is 7.01. The smallest absolute Gasteiger partial charge is 0.261 e. The molecule has 1 amide bonds. The Labute approximate surface area is 160 Å². The molecule has 2 heterocycles. The molecule has 28 heavy (non-hydrogen) atoms. The van der Waals surface area contributed by atoms with E-state index in [4.69, 9.17) is 0 Å². The van der Waals surface area contributed by atoms with Crippen LogP contribution in [0.4, 0.5) is 14.5 Å². The fraction of sp³-hybridized carbons (Fsp3) is 0.286. The molecule has 0 unspecified atom stereocenters. The minimum atomic E-state index is -0.733. The highest BCUT2D eigenvalue weighted by molar-refractivity contribution is 5.94. The molecule has 0 saturated heterocycles. The van der Waals surface area contributed by atoms with Gasteiger partial charge in [0.25, 0.3) is 5.56 Å². The highest BCUT2D eigenvalue weighted by Gasteiger charge is 2.26. The average Bonchev–Trinajstić information content (AvgIpc) is 2.67. The lowest BCUT2D eigenvalue weighted by Gasteiger charge is -2.30. The minimum absolute atomic E-state index is 0.0230. The zero-order valence-corrected chi connectivity index (χ0v) is 15.4. The Balaban J connectivity index is 1.57. The number of amides is 1. The summed E-state index contributed by atoms with van der Waals surface area (Å²) in [4.78, 5) is 31.1. The van der Waals surface area contributed by atoms with Gasteiger partial charge in [-0.3, -0.25) is 14.2 Å². The van der Waals surface area contributed by atoms with Crippen molar-refractivity contribution in [3.63, 3.8) is 0 Å². The minimum Gasteiger partial charge on any atom is -0.309 e. The van der Waals surface area contributed by atoms with E-state index in [2.05, 4.69) is 4.98 Å². The van der Waals surface area contributed by atoms with Gasteiger partial charge in [0, 0.05) is 25.6 Å². The summed E-state index contributed by atoms with van der Waals surface area (Å²) in [5.74, 6) is -1.68. The SMILES string of the molecule is Cc1cccc2c(=O)n(CCC(=O)N3CCCc4cc(F)cc(F)c43)cnc12. The van der Waals surface area contributed by atoms with Crippen LogP contribution in [0.5, 0.6) is 0 Å². The van der Waals surface area contributed by atoms with Crippen molar-refractivity contribution in [1.29, 1.82) is 0 Å². The molecule has 0 saturated carbocycles. The number of hydrogen-bond donors (Lipinski definition) is 0. The van der Waals surface area contributed by atoms with Crippen molar-refractivity contribution in [1.82, 2.24) is 9.55 Å². The number of nitrogens with zero attached hydrogens (tertiary/aromatic N) is 3. The van der Waals surface area contributed by atoms with Gasteiger partial charge in [-0.1, -0.05) is 12.1 Å². The van der Waals surface area contributed by atoms with Gasteiger partial charge in [0.1, 0.15) is 11.6 Å². The molecule has 1 aliphatic rings. The largest absolute Gasteiger partial charge is 0.309 e. The predicted molar refractivity (Wildman–Crippen MR) is 102 cm³/mol. The lowest BCUT2D eigenvalue weighted by Crippen LogP contribution is -2.37. The monoisotopic (exact) mass is 383 g/mol. The van der Waals surface area contributed by atoms with Gasteiger partial charge in [0.2, 0.25) is 5.91 Å². The Hall–Kier alpha value is -3.09. The summed E-state index contributed by atoms with van der Waals surface area (Å²) in [6.45, 7) is 2.40. The number of para-hydroxylation sites is 1. The van der Waals surface area contributed by atoms with Gasteiger partial charge in [-0.05, 0) is 43.0 Å². The van der Waals surface area contributed by atoms with Crippen molar-refractivity contribution < 1.29 is 13.6 Å².